The number of esters is 1. The van der Waals surface area contributed by atoms with E-state index >= 15 is 0 Å². The number of carbonyl (C=O) groups excluding carboxylic acids is 1. The Kier molecular flexibility index (Phi) is 5.64. The number of carbonyl (C=O) groups is 1. The number of hydrogen-bond acceptors (Lipinski definition) is 9. The number of rotatable bonds is 5. The lowest BCUT2D eigenvalue weighted by Crippen LogP contribution is -2.45. The van der Waals surface area contributed by atoms with Crippen molar-refractivity contribution < 1.29 is 17.9 Å². The number of sulfonamides is 1. The van der Waals surface area contributed by atoms with E-state index in [0.29, 0.717) is 15.7 Å². The maximum Gasteiger partial charge on any atom is 0.342 e. The molecule has 13 heteroatoms. The van der Waals surface area contributed by atoms with Crippen LogP contribution in [-0.2, 0) is 21.8 Å². The van der Waals surface area contributed by atoms with Gasteiger partial charge in [-0.1, -0.05) is 0 Å². The summed E-state index contributed by atoms with van der Waals surface area (Å²) >= 11 is 0. The second-order valence-corrected chi connectivity index (χ2v) is 7.12. The quantitative estimate of drug-likeness (QED) is 0.220. The molecule has 0 unspecified atom stereocenters. The van der Waals surface area contributed by atoms with Crippen LogP contribution >= 0.6 is 0 Å². The van der Waals surface area contributed by atoms with E-state index in [2.05, 4.69) is 20.2 Å². The van der Waals surface area contributed by atoms with Crippen LogP contribution in [0.2, 0.25) is 0 Å². The van der Waals surface area contributed by atoms with Crippen LogP contribution in [0.4, 0.5) is 5.95 Å². The molecule has 12 nitrogen and oxygen atoms in total. The minimum atomic E-state index is -4.51. The molecule has 146 valence electrons. The number of aromatic nitrogens is 4. The second-order valence-electron chi connectivity index (χ2n) is 5.41. The van der Waals surface area contributed by atoms with Crippen LogP contribution in [0.5, 0.6) is 0 Å². The monoisotopic (exact) mass is 396 g/mol. The van der Waals surface area contributed by atoms with Gasteiger partial charge in [-0.3, -0.25) is 4.68 Å². The number of anilines is 1. The van der Waals surface area contributed by atoms with Crippen molar-refractivity contribution in [1.29, 1.82) is 0 Å². The van der Waals surface area contributed by atoms with Gasteiger partial charge >= 0.3 is 5.97 Å². The first-order chi connectivity index (χ1) is 12.6. The number of hydrogen-bond donors (Lipinski definition) is 2. The SMILES string of the molecule is CCOC(=O)c1cnn(C)c1S(=O)(=O)N(C(N)=NN)c1nc(C)cc(C)n1. The fourth-order valence-corrected chi connectivity index (χ4v) is 3.91. The van der Waals surface area contributed by atoms with Crippen molar-refractivity contribution in [3.8, 4) is 0 Å². The minimum absolute atomic E-state index is 0.0590. The van der Waals surface area contributed by atoms with Crippen molar-refractivity contribution in [2.45, 2.75) is 25.8 Å². The average molecular weight is 396 g/mol. The smallest absolute Gasteiger partial charge is 0.342 e. The summed E-state index contributed by atoms with van der Waals surface area (Å²) in [4.78, 5) is 20.3. The molecule has 2 heterocycles. The van der Waals surface area contributed by atoms with Crippen LogP contribution in [0, 0.1) is 13.8 Å². The van der Waals surface area contributed by atoms with Crippen LogP contribution in [0.1, 0.15) is 28.7 Å². The number of hydrazone groups is 1. The molecule has 0 amide bonds. The predicted molar refractivity (Wildman–Crippen MR) is 96.1 cm³/mol. The lowest BCUT2D eigenvalue weighted by molar-refractivity contribution is 0.0521. The van der Waals surface area contributed by atoms with Crippen LogP contribution in [0.15, 0.2) is 22.4 Å². The summed E-state index contributed by atoms with van der Waals surface area (Å²) in [6.07, 6.45) is 1.08. The first kappa shape index (κ1) is 20.1. The maximum atomic E-state index is 13.3. The van der Waals surface area contributed by atoms with Gasteiger partial charge in [0, 0.05) is 18.4 Å². The fraction of sp³-hybridized carbons (Fsp3) is 0.357. The summed E-state index contributed by atoms with van der Waals surface area (Å²) in [5.41, 5.74) is 6.45. The number of aryl methyl sites for hydroxylation is 3. The molecule has 0 saturated carbocycles. The zero-order valence-electron chi connectivity index (χ0n) is 15.2. The lowest BCUT2D eigenvalue weighted by atomic mass is 10.4. The van der Waals surface area contributed by atoms with Gasteiger partial charge in [0.2, 0.25) is 11.9 Å². The fourth-order valence-electron chi connectivity index (χ4n) is 2.35. The molecule has 0 radical (unpaired) electrons. The highest BCUT2D eigenvalue weighted by Gasteiger charge is 2.37. The molecule has 0 saturated heterocycles. The van der Waals surface area contributed by atoms with E-state index in [1.165, 1.54) is 7.05 Å². The van der Waals surface area contributed by atoms with Gasteiger partial charge in [-0.15, -0.1) is 5.10 Å². The summed E-state index contributed by atoms with van der Waals surface area (Å²) in [7, 11) is -3.16. The zero-order valence-corrected chi connectivity index (χ0v) is 16.1. The van der Waals surface area contributed by atoms with E-state index in [-0.39, 0.29) is 18.1 Å². The van der Waals surface area contributed by atoms with Crippen LogP contribution in [-0.4, -0.2) is 46.7 Å². The molecular weight excluding hydrogens is 376 g/mol. The predicted octanol–water partition coefficient (Wildman–Crippen LogP) is -0.613. The Hall–Kier alpha value is -3.22. The molecule has 0 bridgehead atoms. The Morgan fingerprint density at radius 3 is 2.44 bits per heavy atom. The third kappa shape index (κ3) is 3.81. The van der Waals surface area contributed by atoms with Crippen molar-refractivity contribution >= 4 is 27.9 Å². The Labute approximate surface area is 155 Å². The van der Waals surface area contributed by atoms with Crippen molar-refractivity contribution in [3.05, 3.63) is 29.2 Å². The van der Waals surface area contributed by atoms with Gasteiger partial charge in [-0.25, -0.2) is 14.8 Å². The zero-order chi connectivity index (χ0) is 20.4. The molecule has 27 heavy (non-hydrogen) atoms. The van der Waals surface area contributed by atoms with Gasteiger partial charge in [0.05, 0.1) is 12.8 Å². The molecular formula is C14H20N8O4S. The molecule has 2 rings (SSSR count). The van der Waals surface area contributed by atoms with Crippen molar-refractivity contribution in [1.82, 2.24) is 19.7 Å². The Morgan fingerprint density at radius 1 is 1.33 bits per heavy atom. The minimum Gasteiger partial charge on any atom is -0.462 e. The van der Waals surface area contributed by atoms with Crippen molar-refractivity contribution in [3.63, 3.8) is 0 Å². The van der Waals surface area contributed by atoms with Crippen molar-refractivity contribution in [2.24, 2.45) is 23.7 Å². The molecule has 0 aliphatic heterocycles. The van der Waals surface area contributed by atoms with Crippen LogP contribution < -0.4 is 15.9 Å². The van der Waals surface area contributed by atoms with E-state index in [0.717, 1.165) is 10.9 Å². The first-order valence-electron chi connectivity index (χ1n) is 7.73. The molecule has 0 spiro atoms. The Balaban J connectivity index is 2.74. The molecule has 2 aromatic heterocycles. The largest absolute Gasteiger partial charge is 0.462 e. The lowest BCUT2D eigenvalue weighted by Gasteiger charge is -2.21. The number of nitrogens with two attached hydrogens (primary N) is 2. The average Bonchev–Trinajstić information content (AvgIpc) is 2.96. The molecule has 0 fully saturated rings. The van der Waals surface area contributed by atoms with Gasteiger partial charge in [-0.05, 0) is 26.8 Å². The highest BCUT2D eigenvalue weighted by atomic mass is 32.2. The third-order valence-corrected chi connectivity index (χ3v) is 5.16. The molecule has 0 aromatic carbocycles. The number of nitrogens with zero attached hydrogens (tertiary/aromatic N) is 6. The van der Waals surface area contributed by atoms with E-state index in [9.17, 15) is 13.2 Å². The van der Waals surface area contributed by atoms with Gasteiger partial charge in [0.15, 0.2) is 5.03 Å². The normalized spacial score (nSPS) is 12.1. The van der Waals surface area contributed by atoms with E-state index in [1.807, 2.05) is 0 Å². The second kappa shape index (κ2) is 7.57. The van der Waals surface area contributed by atoms with Gasteiger partial charge < -0.3 is 16.3 Å². The topological polar surface area (TPSA) is 172 Å². The number of ether oxygens (including phenoxy) is 1. The Bertz CT molecular complexity index is 978. The summed E-state index contributed by atoms with van der Waals surface area (Å²) in [5, 5.41) is 6.63. The summed E-state index contributed by atoms with van der Waals surface area (Å²) in [5.74, 6) is 3.50. The molecule has 4 N–H and O–H groups in total. The van der Waals surface area contributed by atoms with E-state index in [1.54, 1.807) is 26.8 Å². The maximum absolute atomic E-state index is 13.3. The Morgan fingerprint density at radius 2 is 1.93 bits per heavy atom. The highest BCUT2D eigenvalue weighted by molar-refractivity contribution is 7.93. The van der Waals surface area contributed by atoms with Crippen LogP contribution in [0.3, 0.4) is 0 Å². The van der Waals surface area contributed by atoms with Crippen molar-refractivity contribution in [2.75, 3.05) is 10.9 Å². The van der Waals surface area contributed by atoms with Gasteiger partial charge in [0.1, 0.15) is 5.56 Å². The van der Waals surface area contributed by atoms with Gasteiger partial charge in [0.25, 0.3) is 10.0 Å². The summed E-state index contributed by atoms with van der Waals surface area (Å²) in [6.45, 7) is 4.97. The summed E-state index contributed by atoms with van der Waals surface area (Å²) in [6, 6.07) is 1.65. The molecule has 2 aromatic rings. The molecule has 0 atom stereocenters. The van der Waals surface area contributed by atoms with E-state index < -0.39 is 27.0 Å². The third-order valence-electron chi connectivity index (χ3n) is 3.36. The van der Waals surface area contributed by atoms with Gasteiger partial charge in [-0.2, -0.15) is 17.8 Å². The molecule has 0 aliphatic carbocycles. The van der Waals surface area contributed by atoms with E-state index in [4.69, 9.17) is 16.3 Å². The molecule has 0 aliphatic rings. The first-order valence-corrected chi connectivity index (χ1v) is 9.17. The number of guanidine groups is 1. The highest BCUT2D eigenvalue weighted by Crippen LogP contribution is 2.24. The standard InChI is InChI=1S/C14H20N8O4S/c1-5-26-12(23)10-7-17-21(4)11(10)27(24,25)22(13(15)20-16)14-18-8(2)6-9(3)19-14/h6-7H,5,16H2,1-4H3,(H2,15,20). The summed E-state index contributed by atoms with van der Waals surface area (Å²) < 4.78 is 33.1. The van der Waals surface area contributed by atoms with Crippen LogP contribution in [0.25, 0.3) is 0 Å².